The summed E-state index contributed by atoms with van der Waals surface area (Å²) in [6, 6.07) is 71.7. The first-order valence-corrected chi connectivity index (χ1v) is 20.7. The van der Waals surface area contributed by atoms with Crippen LogP contribution in [0.5, 0.6) is 0 Å². The highest BCUT2D eigenvalue weighted by Crippen LogP contribution is 2.53. The van der Waals surface area contributed by atoms with Gasteiger partial charge in [0.2, 0.25) is 0 Å². The van der Waals surface area contributed by atoms with Crippen molar-refractivity contribution in [3.8, 4) is 44.5 Å². The Hall–Kier alpha value is -7.62. The van der Waals surface area contributed by atoms with Crippen molar-refractivity contribution < 1.29 is 8.83 Å². The lowest BCUT2D eigenvalue weighted by molar-refractivity contribution is 0.662. The smallest absolute Gasteiger partial charge is 0.145 e. The van der Waals surface area contributed by atoms with Gasteiger partial charge in [-0.2, -0.15) is 0 Å². The molecular weight excluding hydrogens is 731 g/mol. The number of benzene rings is 9. The van der Waals surface area contributed by atoms with Crippen LogP contribution in [0.1, 0.15) is 25.0 Å². The van der Waals surface area contributed by atoms with Gasteiger partial charge >= 0.3 is 0 Å². The lowest BCUT2D eigenvalue weighted by Crippen LogP contribution is -2.16. The molecule has 2 aromatic heterocycles. The summed E-state index contributed by atoms with van der Waals surface area (Å²) in [5, 5.41) is 4.39. The van der Waals surface area contributed by atoms with Gasteiger partial charge in [-0.3, -0.25) is 0 Å². The Bertz CT molecular complexity index is 3460. The van der Waals surface area contributed by atoms with E-state index in [1.54, 1.807) is 0 Å². The minimum Gasteiger partial charge on any atom is -0.456 e. The summed E-state index contributed by atoms with van der Waals surface area (Å²) in [5.74, 6) is 0. The average Bonchev–Trinajstić information content (AvgIpc) is 3.95. The van der Waals surface area contributed by atoms with Crippen molar-refractivity contribution in [3.05, 3.63) is 211 Å². The second kappa shape index (κ2) is 13.2. The van der Waals surface area contributed by atoms with Crippen LogP contribution in [0.2, 0.25) is 0 Å². The van der Waals surface area contributed by atoms with Crippen LogP contribution >= 0.6 is 0 Å². The fraction of sp³-hybridized carbons (Fsp3) is 0.0526. The number of hydrogen-bond acceptors (Lipinski definition) is 3. The number of anilines is 3. The molecule has 3 nitrogen and oxygen atoms in total. The number of para-hydroxylation sites is 3. The molecule has 0 saturated heterocycles. The van der Waals surface area contributed by atoms with Crippen LogP contribution in [0.25, 0.3) is 88.4 Å². The van der Waals surface area contributed by atoms with E-state index in [4.69, 9.17) is 8.83 Å². The largest absolute Gasteiger partial charge is 0.456 e. The second-order valence-electron chi connectivity index (χ2n) is 16.4. The molecule has 0 unspecified atom stereocenters. The Morgan fingerprint density at radius 2 is 0.983 bits per heavy atom. The summed E-state index contributed by atoms with van der Waals surface area (Å²) in [5.41, 5.74) is 18.8. The van der Waals surface area contributed by atoms with Gasteiger partial charge in [0.1, 0.15) is 22.3 Å². The van der Waals surface area contributed by atoms with Gasteiger partial charge in [-0.1, -0.05) is 153 Å². The molecule has 0 fully saturated rings. The van der Waals surface area contributed by atoms with Crippen LogP contribution in [0.3, 0.4) is 0 Å². The van der Waals surface area contributed by atoms with Crippen LogP contribution in [0.4, 0.5) is 17.1 Å². The molecule has 11 aromatic rings. The number of fused-ring (bicyclic) bond motifs is 9. The maximum atomic E-state index is 6.92. The summed E-state index contributed by atoms with van der Waals surface area (Å²) in [4.78, 5) is 2.37. The van der Waals surface area contributed by atoms with Crippen molar-refractivity contribution in [2.45, 2.75) is 19.3 Å². The molecule has 0 bridgehead atoms. The van der Waals surface area contributed by atoms with Gasteiger partial charge < -0.3 is 13.7 Å². The van der Waals surface area contributed by atoms with Crippen LogP contribution in [-0.2, 0) is 5.41 Å². The van der Waals surface area contributed by atoms with Gasteiger partial charge in [0.25, 0.3) is 0 Å². The van der Waals surface area contributed by atoms with E-state index in [0.29, 0.717) is 0 Å². The number of hydrogen-bond donors (Lipinski definition) is 0. The van der Waals surface area contributed by atoms with Crippen LogP contribution < -0.4 is 4.90 Å². The van der Waals surface area contributed by atoms with E-state index in [9.17, 15) is 0 Å². The summed E-state index contributed by atoms with van der Waals surface area (Å²) >= 11 is 0. The normalized spacial score (nSPS) is 13.0. The topological polar surface area (TPSA) is 29.5 Å². The van der Waals surface area contributed by atoms with Crippen molar-refractivity contribution in [1.29, 1.82) is 0 Å². The molecule has 0 amide bonds. The first-order chi connectivity index (χ1) is 29.5. The monoisotopic (exact) mass is 769 g/mol. The van der Waals surface area contributed by atoms with Crippen molar-refractivity contribution >= 4 is 60.9 Å². The first-order valence-electron chi connectivity index (χ1n) is 20.7. The molecule has 1 aliphatic rings. The molecule has 1 aliphatic carbocycles. The van der Waals surface area contributed by atoms with Gasteiger partial charge in [0.05, 0.1) is 11.1 Å². The highest BCUT2D eigenvalue weighted by molar-refractivity contribution is 6.18. The SMILES string of the molecule is CC1(C)c2ccccc2-c2cccc(-c3ccc(N(c4ccccc4)c4ccc(-c5ccccc5-c5ccc6c(c5)oc5ccccc56)c5oc6ccccc6c45)cc3)c21. The minimum absolute atomic E-state index is 0.105. The lowest BCUT2D eigenvalue weighted by atomic mass is 9.79. The molecule has 3 heteroatoms. The second-order valence-corrected chi connectivity index (χ2v) is 16.4. The van der Waals surface area contributed by atoms with Crippen LogP contribution in [0, 0.1) is 0 Å². The summed E-state index contributed by atoms with van der Waals surface area (Å²) in [6.45, 7) is 4.71. The number of furan rings is 2. The van der Waals surface area contributed by atoms with E-state index in [1.807, 2.05) is 18.2 Å². The fourth-order valence-electron chi connectivity index (χ4n) is 9.95. The van der Waals surface area contributed by atoms with Crippen LogP contribution in [0.15, 0.2) is 209 Å². The molecule has 0 aliphatic heterocycles. The van der Waals surface area contributed by atoms with E-state index in [0.717, 1.165) is 83.2 Å². The van der Waals surface area contributed by atoms with Crippen LogP contribution in [-0.4, -0.2) is 0 Å². The third-order valence-corrected chi connectivity index (χ3v) is 12.7. The molecule has 12 rings (SSSR count). The quantitative estimate of drug-likeness (QED) is 0.169. The standard InChI is InChI=1S/C57H39NO2/c1-57(2)49-24-11-8-19-43(49)46-23-14-22-41(55(46)57)36-27-30-39(31-28-36)58(38-15-4-3-5-16-38)50-34-33-47(56-54(50)48-21-10-13-26-52(48)60-56)42-18-7-6-17-40(42)37-29-32-45-44-20-9-12-25-51(44)59-53(45)35-37/h3-35H,1-2H3. The van der Waals surface area contributed by atoms with Crippen molar-refractivity contribution in [3.63, 3.8) is 0 Å². The van der Waals surface area contributed by atoms with E-state index < -0.39 is 0 Å². The Morgan fingerprint density at radius 3 is 1.80 bits per heavy atom. The molecule has 2 heterocycles. The third-order valence-electron chi connectivity index (χ3n) is 12.7. The third kappa shape index (κ3) is 5.15. The number of rotatable bonds is 6. The minimum atomic E-state index is -0.105. The first kappa shape index (κ1) is 34.4. The van der Waals surface area contributed by atoms with Gasteiger partial charge in [0.15, 0.2) is 0 Å². The van der Waals surface area contributed by atoms with E-state index in [1.165, 1.54) is 33.4 Å². The molecule has 0 spiro atoms. The maximum absolute atomic E-state index is 6.92. The Kier molecular flexibility index (Phi) is 7.58. The fourth-order valence-corrected chi connectivity index (χ4v) is 9.95. The van der Waals surface area contributed by atoms with E-state index >= 15 is 0 Å². The molecule has 0 N–H and O–H groups in total. The zero-order chi connectivity index (χ0) is 40.0. The van der Waals surface area contributed by atoms with Gasteiger partial charge in [-0.05, 0) is 111 Å². The molecular formula is C57H39NO2. The average molecular weight is 770 g/mol. The molecule has 60 heavy (non-hydrogen) atoms. The zero-order valence-corrected chi connectivity index (χ0v) is 33.3. The van der Waals surface area contributed by atoms with Gasteiger partial charge in [-0.15, -0.1) is 0 Å². The highest BCUT2D eigenvalue weighted by Gasteiger charge is 2.37. The predicted molar refractivity (Wildman–Crippen MR) is 250 cm³/mol. The lowest BCUT2D eigenvalue weighted by Gasteiger charge is -2.27. The predicted octanol–water partition coefficient (Wildman–Crippen LogP) is 16.3. The Labute approximate surface area is 348 Å². The summed E-state index contributed by atoms with van der Waals surface area (Å²) in [6.07, 6.45) is 0. The molecule has 0 atom stereocenters. The maximum Gasteiger partial charge on any atom is 0.145 e. The molecule has 0 saturated carbocycles. The molecule has 9 aromatic carbocycles. The Morgan fingerprint density at radius 1 is 0.383 bits per heavy atom. The van der Waals surface area contributed by atoms with Gasteiger partial charge in [-0.25, -0.2) is 0 Å². The zero-order valence-electron chi connectivity index (χ0n) is 33.3. The van der Waals surface area contributed by atoms with Crippen molar-refractivity contribution in [2.75, 3.05) is 4.90 Å². The molecule has 284 valence electrons. The molecule has 0 radical (unpaired) electrons. The summed E-state index contributed by atoms with van der Waals surface area (Å²) < 4.78 is 13.3. The highest BCUT2D eigenvalue weighted by atomic mass is 16.3. The summed E-state index contributed by atoms with van der Waals surface area (Å²) in [7, 11) is 0. The van der Waals surface area contributed by atoms with Crippen molar-refractivity contribution in [2.24, 2.45) is 0 Å². The van der Waals surface area contributed by atoms with Gasteiger partial charge in [0, 0.05) is 38.5 Å². The van der Waals surface area contributed by atoms with E-state index in [2.05, 4.69) is 201 Å². The Balaban J connectivity index is 1.02. The van der Waals surface area contributed by atoms with Crippen molar-refractivity contribution in [1.82, 2.24) is 0 Å². The number of nitrogens with zero attached hydrogens (tertiary/aromatic N) is 1. The van der Waals surface area contributed by atoms with E-state index in [-0.39, 0.29) is 5.41 Å².